The molecule has 0 aliphatic heterocycles. The highest BCUT2D eigenvalue weighted by Gasteiger charge is 2.21. The molecular weight excluding hydrogens is 148 g/mol. The molecule has 4 heteroatoms. The standard InChI is InChI=1S/C7H10O4/c1-2-3-4-5(6(8)9)7(10)11/h3-5H,2H2,1H3,(H,8,9)(H,10,11). The van der Waals surface area contributed by atoms with Crippen LogP contribution in [0, 0.1) is 5.92 Å². The maximum Gasteiger partial charge on any atom is 0.321 e. The number of carbonyl (C=O) groups is 2. The van der Waals surface area contributed by atoms with E-state index < -0.39 is 17.9 Å². The third kappa shape index (κ3) is 3.40. The Labute approximate surface area is 64.2 Å². The molecular formula is C7H10O4. The van der Waals surface area contributed by atoms with Crippen molar-refractivity contribution in [3.05, 3.63) is 12.2 Å². The average Bonchev–Trinajstić information content (AvgIpc) is 1.87. The predicted octanol–water partition coefficient (Wildman–Crippen LogP) is 0.738. The largest absolute Gasteiger partial charge is 0.480 e. The third-order valence-electron chi connectivity index (χ3n) is 1.10. The van der Waals surface area contributed by atoms with Crippen LogP contribution in [0.25, 0.3) is 0 Å². The molecule has 11 heavy (non-hydrogen) atoms. The lowest BCUT2D eigenvalue weighted by Crippen LogP contribution is -2.20. The SMILES string of the molecule is CCC=CC(C(=O)O)C(=O)O. The Hall–Kier alpha value is -1.32. The Morgan fingerprint density at radius 1 is 1.36 bits per heavy atom. The van der Waals surface area contributed by atoms with Crippen LogP contribution in [0.15, 0.2) is 12.2 Å². The summed E-state index contributed by atoms with van der Waals surface area (Å²) in [5, 5.41) is 16.7. The van der Waals surface area contributed by atoms with E-state index >= 15 is 0 Å². The molecule has 0 radical (unpaired) electrons. The molecule has 0 fully saturated rings. The first-order valence-corrected chi connectivity index (χ1v) is 3.21. The topological polar surface area (TPSA) is 74.6 Å². The van der Waals surface area contributed by atoms with Crippen LogP contribution in [0.5, 0.6) is 0 Å². The van der Waals surface area contributed by atoms with Crippen molar-refractivity contribution in [2.24, 2.45) is 5.92 Å². The van der Waals surface area contributed by atoms with Crippen molar-refractivity contribution in [1.82, 2.24) is 0 Å². The van der Waals surface area contributed by atoms with Gasteiger partial charge in [-0.25, -0.2) is 0 Å². The first kappa shape index (κ1) is 9.68. The van der Waals surface area contributed by atoms with Crippen molar-refractivity contribution in [2.75, 3.05) is 0 Å². The van der Waals surface area contributed by atoms with Gasteiger partial charge in [-0.15, -0.1) is 0 Å². The van der Waals surface area contributed by atoms with Crippen LogP contribution in [0.1, 0.15) is 13.3 Å². The number of hydrogen-bond donors (Lipinski definition) is 2. The normalized spacial score (nSPS) is 10.7. The molecule has 0 amide bonds. The molecule has 0 rings (SSSR count). The summed E-state index contributed by atoms with van der Waals surface area (Å²) in [4.78, 5) is 20.4. The van der Waals surface area contributed by atoms with E-state index in [-0.39, 0.29) is 0 Å². The molecule has 2 N–H and O–H groups in total. The average molecular weight is 158 g/mol. The van der Waals surface area contributed by atoms with Gasteiger partial charge in [-0.05, 0) is 6.42 Å². The van der Waals surface area contributed by atoms with Crippen LogP contribution in [-0.4, -0.2) is 22.2 Å². The molecule has 0 bridgehead atoms. The Morgan fingerprint density at radius 3 is 2.09 bits per heavy atom. The van der Waals surface area contributed by atoms with Crippen molar-refractivity contribution in [1.29, 1.82) is 0 Å². The number of allylic oxidation sites excluding steroid dienone is 1. The van der Waals surface area contributed by atoms with E-state index in [4.69, 9.17) is 10.2 Å². The number of rotatable bonds is 4. The molecule has 0 aliphatic carbocycles. The first-order chi connectivity index (χ1) is 5.09. The molecule has 0 aliphatic rings. The van der Waals surface area contributed by atoms with Gasteiger partial charge in [0.25, 0.3) is 0 Å². The lowest BCUT2D eigenvalue weighted by Gasteiger charge is -1.98. The zero-order chi connectivity index (χ0) is 8.85. The summed E-state index contributed by atoms with van der Waals surface area (Å²) in [5.74, 6) is -4.07. The van der Waals surface area contributed by atoms with Crippen LogP contribution in [-0.2, 0) is 9.59 Å². The number of hydrogen-bond acceptors (Lipinski definition) is 2. The number of carboxylic acid groups (broad SMARTS) is 2. The summed E-state index contributed by atoms with van der Waals surface area (Å²) in [6.45, 7) is 1.80. The third-order valence-corrected chi connectivity index (χ3v) is 1.10. The lowest BCUT2D eigenvalue weighted by atomic mass is 10.1. The minimum atomic E-state index is -1.41. The van der Waals surface area contributed by atoms with Gasteiger partial charge in [0.05, 0.1) is 0 Å². The van der Waals surface area contributed by atoms with Gasteiger partial charge >= 0.3 is 11.9 Å². The van der Waals surface area contributed by atoms with E-state index in [2.05, 4.69) is 0 Å². The van der Waals surface area contributed by atoms with E-state index in [1.807, 2.05) is 0 Å². The van der Waals surface area contributed by atoms with Crippen molar-refractivity contribution >= 4 is 11.9 Å². The van der Waals surface area contributed by atoms with E-state index in [0.717, 1.165) is 0 Å². The molecule has 0 unspecified atom stereocenters. The zero-order valence-electron chi connectivity index (χ0n) is 6.15. The van der Waals surface area contributed by atoms with E-state index in [1.54, 1.807) is 6.92 Å². The smallest absolute Gasteiger partial charge is 0.321 e. The fraction of sp³-hybridized carbons (Fsp3) is 0.429. The van der Waals surface area contributed by atoms with Crippen molar-refractivity contribution in [3.63, 3.8) is 0 Å². The monoisotopic (exact) mass is 158 g/mol. The van der Waals surface area contributed by atoms with Gasteiger partial charge in [0.15, 0.2) is 5.92 Å². The number of carboxylic acids is 2. The molecule has 0 aromatic heterocycles. The zero-order valence-corrected chi connectivity index (χ0v) is 6.15. The molecule has 0 heterocycles. The molecule has 0 aromatic rings. The van der Waals surface area contributed by atoms with Crippen molar-refractivity contribution in [2.45, 2.75) is 13.3 Å². The lowest BCUT2D eigenvalue weighted by molar-refractivity contribution is -0.151. The summed E-state index contributed by atoms with van der Waals surface area (Å²) in [7, 11) is 0. The Bertz CT molecular complexity index is 169. The van der Waals surface area contributed by atoms with Crippen LogP contribution in [0.4, 0.5) is 0 Å². The molecule has 0 spiro atoms. The maximum absolute atomic E-state index is 10.2. The highest BCUT2D eigenvalue weighted by molar-refractivity contribution is 5.94. The molecule has 4 nitrogen and oxygen atoms in total. The van der Waals surface area contributed by atoms with Gasteiger partial charge in [-0.2, -0.15) is 0 Å². The summed E-state index contributed by atoms with van der Waals surface area (Å²) in [5.41, 5.74) is 0. The summed E-state index contributed by atoms with van der Waals surface area (Å²) in [6, 6.07) is 0. The van der Waals surface area contributed by atoms with Crippen LogP contribution >= 0.6 is 0 Å². The van der Waals surface area contributed by atoms with Crippen molar-refractivity contribution in [3.8, 4) is 0 Å². The quantitative estimate of drug-likeness (QED) is 0.467. The van der Waals surface area contributed by atoms with Crippen LogP contribution < -0.4 is 0 Å². The van der Waals surface area contributed by atoms with Gasteiger partial charge in [0, 0.05) is 0 Å². The van der Waals surface area contributed by atoms with Crippen molar-refractivity contribution < 1.29 is 19.8 Å². The van der Waals surface area contributed by atoms with Gasteiger partial charge < -0.3 is 10.2 Å². The second-order valence-corrected chi connectivity index (χ2v) is 1.99. The van der Waals surface area contributed by atoms with E-state index in [9.17, 15) is 9.59 Å². The highest BCUT2D eigenvalue weighted by Crippen LogP contribution is 1.99. The van der Waals surface area contributed by atoms with Crippen LogP contribution in [0.2, 0.25) is 0 Å². The maximum atomic E-state index is 10.2. The number of aliphatic carboxylic acids is 2. The highest BCUT2D eigenvalue weighted by atomic mass is 16.4. The fourth-order valence-electron chi connectivity index (χ4n) is 0.542. The minimum absolute atomic E-state index is 0.636. The van der Waals surface area contributed by atoms with Gasteiger partial charge in [0.2, 0.25) is 0 Å². The van der Waals surface area contributed by atoms with Gasteiger partial charge in [0.1, 0.15) is 0 Å². The van der Waals surface area contributed by atoms with E-state index in [0.29, 0.717) is 6.42 Å². The second-order valence-electron chi connectivity index (χ2n) is 1.99. The summed E-state index contributed by atoms with van der Waals surface area (Å²) in [6.07, 6.45) is 3.33. The van der Waals surface area contributed by atoms with Gasteiger partial charge in [-0.3, -0.25) is 9.59 Å². The van der Waals surface area contributed by atoms with E-state index in [1.165, 1.54) is 12.2 Å². The fourth-order valence-corrected chi connectivity index (χ4v) is 0.542. The Kier molecular flexibility index (Phi) is 3.95. The van der Waals surface area contributed by atoms with Gasteiger partial charge in [-0.1, -0.05) is 19.1 Å². The predicted molar refractivity (Wildman–Crippen MR) is 38.2 cm³/mol. The molecule has 62 valence electrons. The van der Waals surface area contributed by atoms with Crippen LogP contribution in [0.3, 0.4) is 0 Å². The summed E-state index contributed by atoms with van der Waals surface area (Å²) >= 11 is 0. The first-order valence-electron chi connectivity index (χ1n) is 3.21. The summed E-state index contributed by atoms with van der Waals surface area (Å²) < 4.78 is 0. The molecule has 0 saturated heterocycles. The minimum Gasteiger partial charge on any atom is -0.480 e. The molecule has 0 atom stereocenters. The Balaban J connectivity index is 4.23. The molecule has 0 aromatic carbocycles. The second kappa shape index (κ2) is 4.49. The Morgan fingerprint density at radius 2 is 1.82 bits per heavy atom. The molecule has 0 saturated carbocycles.